The van der Waals surface area contributed by atoms with Crippen molar-refractivity contribution in [2.24, 2.45) is 0 Å². The lowest BCUT2D eigenvalue weighted by atomic mass is 10.0. The van der Waals surface area contributed by atoms with E-state index in [4.69, 9.17) is 4.74 Å². The van der Waals surface area contributed by atoms with Gasteiger partial charge in [0.1, 0.15) is 6.10 Å². The number of hydrogen-bond donors (Lipinski definition) is 1. The fraction of sp³-hybridized carbons (Fsp3) is 0.240. The summed E-state index contributed by atoms with van der Waals surface area (Å²) in [4.78, 5) is 11.9. The van der Waals surface area contributed by atoms with Crippen LogP contribution >= 0.6 is 0 Å². The second-order valence-electron chi connectivity index (χ2n) is 5.98. The lowest BCUT2D eigenvalue weighted by Gasteiger charge is -2.09. The van der Waals surface area contributed by atoms with Gasteiger partial charge in [0.25, 0.3) is 0 Å². The summed E-state index contributed by atoms with van der Waals surface area (Å²) in [5.41, 5.74) is 2.47. The Kier molecular flexibility index (Phi) is 11.9. The van der Waals surface area contributed by atoms with Crippen LogP contribution in [0.3, 0.4) is 0 Å². The van der Waals surface area contributed by atoms with E-state index in [9.17, 15) is 9.90 Å². The zero-order valence-electron chi connectivity index (χ0n) is 16.9. The van der Waals surface area contributed by atoms with Crippen molar-refractivity contribution in [1.82, 2.24) is 0 Å². The number of aryl methyl sites for hydroxylation is 1. The van der Waals surface area contributed by atoms with Crippen LogP contribution in [0.4, 0.5) is 0 Å². The molecule has 0 saturated carbocycles. The third-order valence-corrected chi connectivity index (χ3v) is 3.77. The van der Waals surface area contributed by atoms with Crippen LogP contribution in [0.15, 0.2) is 91.0 Å². The average Bonchev–Trinajstić information content (AvgIpc) is 2.76. The van der Waals surface area contributed by atoms with E-state index in [0.29, 0.717) is 11.1 Å². The molecule has 1 unspecified atom stereocenters. The van der Waals surface area contributed by atoms with Crippen LogP contribution < -0.4 is 0 Å². The first-order chi connectivity index (χ1) is 13.6. The highest BCUT2D eigenvalue weighted by molar-refractivity contribution is 5.99. The zero-order valence-corrected chi connectivity index (χ0v) is 16.9. The SMILES string of the molecule is CCOCC.Cc1ccccc1.O=C(c1ccccc1)C(O)c1ccccc1. The third kappa shape index (κ3) is 9.26. The lowest BCUT2D eigenvalue weighted by Crippen LogP contribution is -2.11. The monoisotopic (exact) mass is 378 g/mol. The Bertz CT molecular complexity index is 754. The number of hydrogen-bond acceptors (Lipinski definition) is 3. The molecule has 3 aromatic carbocycles. The minimum absolute atomic E-state index is 0.271. The van der Waals surface area contributed by atoms with Gasteiger partial charge in [0.05, 0.1) is 0 Å². The highest BCUT2D eigenvalue weighted by Crippen LogP contribution is 2.17. The number of ether oxygens (including phenoxy) is 1. The van der Waals surface area contributed by atoms with E-state index in [2.05, 4.69) is 19.1 Å². The number of aliphatic hydroxyl groups excluding tert-OH is 1. The van der Waals surface area contributed by atoms with Crippen molar-refractivity contribution in [3.05, 3.63) is 108 Å². The Morgan fingerprint density at radius 3 is 1.57 bits per heavy atom. The third-order valence-electron chi connectivity index (χ3n) is 3.77. The molecule has 148 valence electrons. The Morgan fingerprint density at radius 1 is 0.786 bits per heavy atom. The maximum absolute atomic E-state index is 11.9. The molecular weight excluding hydrogens is 348 g/mol. The molecule has 3 rings (SSSR count). The summed E-state index contributed by atoms with van der Waals surface area (Å²) in [5.74, 6) is -0.271. The van der Waals surface area contributed by atoms with Crippen molar-refractivity contribution >= 4 is 5.78 Å². The number of benzene rings is 3. The Balaban J connectivity index is 0.000000269. The van der Waals surface area contributed by atoms with Crippen LogP contribution in [0.1, 0.15) is 41.4 Å². The van der Waals surface area contributed by atoms with E-state index in [1.807, 2.05) is 44.2 Å². The highest BCUT2D eigenvalue weighted by atomic mass is 16.5. The average molecular weight is 379 g/mol. The first kappa shape index (κ1) is 23.3. The van der Waals surface area contributed by atoms with Gasteiger partial charge in [-0.05, 0) is 26.3 Å². The molecule has 0 aromatic heterocycles. The van der Waals surface area contributed by atoms with Gasteiger partial charge in [-0.1, -0.05) is 96.6 Å². The van der Waals surface area contributed by atoms with Gasteiger partial charge in [0.15, 0.2) is 5.78 Å². The molecule has 0 fully saturated rings. The summed E-state index contributed by atoms with van der Waals surface area (Å²) >= 11 is 0. The highest BCUT2D eigenvalue weighted by Gasteiger charge is 2.18. The molecule has 0 aliphatic heterocycles. The van der Waals surface area contributed by atoms with Gasteiger partial charge in [0, 0.05) is 18.8 Å². The van der Waals surface area contributed by atoms with Gasteiger partial charge < -0.3 is 9.84 Å². The smallest absolute Gasteiger partial charge is 0.195 e. The van der Waals surface area contributed by atoms with Crippen LogP contribution in [0.2, 0.25) is 0 Å². The second-order valence-corrected chi connectivity index (χ2v) is 5.98. The van der Waals surface area contributed by atoms with E-state index in [1.54, 1.807) is 48.5 Å². The van der Waals surface area contributed by atoms with Gasteiger partial charge in [-0.2, -0.15) is 0 Å². The van der Waals surface area contributed by atoms with Gasteiger partial charge in [-0.3, -0.25) is 4.79 Å². The van der Waals surface area contributed by atoms with Crippen molar-refractivity contribution in [1.29, 1.82) is 0 Å². The fourth-order valence-corrected chi connectivity index (χ4v) is 2.29. The molecule has 1 atom stereocenters. The van der Waals surface area contributed by atoms with Gasteiger partial charge in [-0.15, -0.1) is 0 Å². The number of ketones is 1. The van der Waals surface area contributed by atoms with Crippen LogP contribution in [-0.2, 0) is 4.74 Å². The molecule has 28 heavy (non-hydrogen) atoms. The van der Waals surface area contributed by atoms with Crippen LogP contribution in [0, 0.1) is 6.92 Å². The fourth-order valence-electron chi connectivity index (χ4n) is 2.29. The van der Waals surface area contributed by atoms with Crippen molar-refractivity contribution in [3.8, 4) is 0 Å². The van der Waals surface area contributed by atoms with Crippen molar-refractivity contribution < 1.29 is 14.6 Å². The summed E-state index contributed by atoms with van der Waals surface area (Å²) in [5, 5.41) is 9.89. The predicted octanol–water partition coefficient (Wildman–Crippen LogP) is 5.64. The molecule has 0 spiro atoms. The molecule has 0 aliphatic rings. The van der Waals surface area contributed by atoms with Gasteiger partial charge in [-0.25, -0.2) is 0 Å². The summed E-state index contributed by atoms with van der Waals surface area (Å²) < 4.78 is 4.83. The molecule has 1 N–H and O–H groups in total. The van der Waals surface area contributed by atoms with E-state index >= 15 is 0 Å². The van der Waals surface area contributed by atoms with Crippen molar-refractivity contribution in [2.75, 3.05) is 13.2 Å². The summed E-state index contributed by atoms with van der Waals surface area (Å²) in [6.07, 6.45) is -1.08. The summed E-state index contributed by atoms with van der Waals surface area (Å²) in [6, 6.07) is 28.0. The second kappa shape index (κ2) is 14.3. The van der Waals surface area contributed by atoms with Crippen LogP contribution in [0.5, 0.6) is 0 Å². The van der Waals surface area contributed by atoms with E-state index < -0.39 is 6.10 Å². The maximum atomic E-state index is 11.9. The molecule has 3 nitrogen and oxygen atoms in total. The normalized spacial score (nSPS) is 10.6. The molecule has 0 amide bonds. The largest absolute Gasteiger partial charge is 0.382 e. The van der Waals surface area contributed by atoms with Gasteiger partial charge in [0.2, 0.25) is 0 Å². The van der Waals surface area contributed by atoms with E-state index in [1.165, 1.54) is 5.56 Å². The minimum atomic E-state index is -1.08. The molecule has 3 heteroatoms. The quantitative estimate of drug-likeness (QED) is 0.584. The number of carbonyl (C=O) groups is 1. The first-order valence-electron chi connectivity index (χ1n) is 9.51. The number of rotatable bonds is 5. The first-order valence-corrected chi connectivity index (χ1v) is 9.51. The Labute approximate surface area is 168 Å². The minimum Gasteiger partial charge on any atom is -0.382 e. The molecule has 0 radical (unpaired) electrons. The molecule has 0 saturated heterocycles. The number of Topliss-reactive ketones (excluding diaryl/α,β-unsaturated/α-hetero) is 1. The molecule has 3 aromatic rings. The molecule has 0 bridgehead atoms. The van der Waals surface area contributed by atoms with E-state index in [0.717, 1.165) is 13.2 Å². The predicted molar refractivity (Wildman–Crippen MR) is 116 cm³/mol. The summed E-state index contributed by atoms with van der Waals surface area (Å²) in [7, 11) is 0. The van der Waals surface area contributed by atoms with Gasteiger partial charge >= 0.3 is 0 Å². The molecule has 0 aliphatic carbocycles. The molecular formula is C25H30O3. The van der Waals surface area contributed by atoms with Crippen molar-refractivity contribution in [3.63, 3.8) is 0 Å². The Morgan fingerprint density at radius 2 is 1.21 bits per heavy atom. The Hall–Kier alpha value is -2.75. The number of aliphatic hydroxyl groups is 1. The lowest BCUT2D eigenvalue weighted by molar-refractivity contribution is 0.0747. The maximum Gasteiger partial charge on any atom is 0.195 e. The summed E-state index contributed by atoms with van der Waals surface area (Å²) in [6.45, 7) is 7.75. The van der Waals surface area contributed by atoms with E-state index in [-0.39, 0.29) is 5.78 Å². The van der Waals surface area contributed by atoms with Crippen LogP contribution in [0.25, 0.3) is 0 Å². The zero-order chi connectivity index (χ0) is 20.6. The van der Waals surface area contributed by atoms with Crippen molar-refractivity contribution in [2.45, 2.75) is 26.9 Å². The van der Waals surface area contributed by atoms with Crippen LogP contribution in [-0.4, -0.2) is 24.1 Å². The standard InChI is InChI=1S/C14H12O2.C7H8.C4H10O/c15-13(11-7-3-1-4-8-11)14(16)12-9-5-2-6-10-12;1-7-5-3-2-4-6-7;1-3-5-4-2/h1-10,13,15H;2-6H,1H3;3-4H2,1-2H3. The molecule has 0 heterocycles. The number of carbonyl (C=O) groups excluding carboxylic acids is 1. The topological polar surface area (TPSA) is 46.5 Å².